The third-order valence-electron chi connectivity index (χ3n) is 4.77. The molecule has 0 aliphatic rings. The van der Waals surface area contributed by atoms with E-state index in [0.29, 0.717) is 20.8 Å². The molecule has 154 valence electrons. The van der Waals surface area contributed by atoms with Gasteiger partial charge < -0.3 is 4.74 Å². The third-order valence-corrected chi connectivity index (χ3v) is 6.18. The molecule has 0 fully saturated rings. The average Bonchev–Trinajstić information content (AvgIpc) is 3.34. The van der Waals surface area contributed by atoms with E-state index in [4.69, 9.17) is 16.3 Å². The van der Waals surface area contributed by atoms with Crippen LogP contribution >= 0.6 is 22.9 Å². The largest absolute Gasteiger partial charge is 0.438 e. The lowest BCUT2D eigenvalue weighted by Crippen LogP contribution is -2.26. The number of benzene rings is 2. The van der Waals surface area contributed by atoms with E-state index < -0.39 is 5.97 Å². The van der Waals surface area contributed by atoms with E-state index in [9.17, 15) is 9.59 Å². The molecule has 0 atom stereocenters. The standard InChI is InChI=1S/C21H14ClN5O3S/c1-12-14-10-18(31-20(14)27(24-12)17-9-5-3-7-15(17)22)21(29)30-11-26-19(28)13-6-2-4-8-16(13)23-25-26/h2-10H,11H2,1H3. The Bertz CT molecular complexity index is 1520. The van der Waals surface area contributed by atoms with E-state index in [1.54, 1.807) is 41.1 Å². The summed E-state index contributed by atoms with van der Waals surface area (Å²) in [5.41, 5.74) is 1.60. The highest BCUT2D eigenvalue weighted by Gasteiger charge is 2.19. The van der Waals surface area contributed by atoms with Gasteiger partial charge in [-0.25, -0.2) is 9.48 Å². The fourth-order valence-electron chi connectivity index (χ4n) is 3.23. The highest BCUT2D eigenvalue weighted by molar-refractivity contribution is 7.20. The number of para-hydroxylation sites is 1. The van der Waals surface area contributed by atoms with Crippen LogP contribution in [-0.2, 0) is 11.5 Å². The van der Waals surface area contributed by atoms with Gasteiger partial charge in [-0.2, -0.15) is 9.78 Å². The predicted molar refractivity (Wildman–Crippen MR) is 118 cm³/mol. The lowest BCUT2D eigenvalue weighted by Gasteiger charge is -2.06. The number of ether oxygens (including phenoxy) is 1. The van der Waals surface area contributed by atoms with Crippen molar-refractivity contribution in [2.24, 2.45) is 0 Å². The van der Waals surface area contributed by atoms with Gasteiger partial charge in [-0.1, -0.05) is 41.1 Å². The number of nitrogens with zero attached hydrogens (tertiary/aromatic N) is 5. The molecule has 0 N–H and O–H groups in total. The Balaban J connectivity index is 1.43. The molecule has 0 amide bonds. The molecule has 5 rings (SSSR count). The summed E-state index contributed by atoms with van der Waals surface area (Å²) in [4.78, 5) is 26.3. The third kappa shape index (κ3) is 3.37. The molecule has 0 bridgehead atoms. The van der Waals surface area contributed by atoms with Crippen LogP contribution in [0.4, 0.5) is 0 Å². The number of aryl methyl sites for hydroxylation is 1. The first kappa shape index (κ1) is 19.4. The molecule has 8 nitrogen and oxygen atoms in total. The Morgan fingerprint density at radius 1 is 1.13 bits per heavy atom. The van der Waals surface area contributed by atoms with E-state index in [1.807, 2.05) is 25.1 Å². The van der Waals surface area contributed by atoms with Crippen molar-refractivity contribution in [1.29, 1.82) is 0 Å². The number of carbonyl (C=O) groups is 1. The molecule has 2 aromatic carbocycles. The number of hydrogen-bond acceptors (Lipinski definition) is 7. The second-order valence-electron chi connectivity index (χ2n) is 6.75. The number of carbonyl (C=O) groups excluding carboxylic acids is 1. The molecule has 10 heteroatoms. The van der Waals surface area contributed by atoms with Crippen LogP contribution in [-0.4, -0.2) is 30.7 Å². The Morgan fingerprint density at radius 2 is 1.90 bits per heavy atom. The Morgan fingerprint density at radius 3 is 2.74 bits per heavy atom. The molecule has 0 radical (unpaired) electrons. The minimum atomic E-state index is -0.562. The Hall–Kier alpha value is -3.56. The maximum Gasteiger partial charge on any atom is 0.350 e. The summed E-state index contributed by atoms with van der Waals surface area (Å²) in [5, 5.41) is 14.2. The number of fused-ring (bicyclic) bond motifs is 2. The number of aromatic nitrogens is 5. The van der Waals surface area contributed by atoms with Gasteiger partial charge in [-0.05, 0) is 37.3 Å². The molecule has 3 aromatic heterocycles. The van der Waals surface area contributed by atoms with E-state index in [2.05, 4.69) is 15.4 Å². The van der Waals surface area contributed by atoms with Gasteiger partial charge in [0.25, 0.3) is 5.56 Å². The summed E-state index contributed by atoms with van der Waals surface area (Å²) in [7, 11) is 0. The highest BCUT2D eigenvalue weighted by atomic mass is 35.5. The topological polar surface area (TPSA) is 91.9 Å². The summed E-state index contributed by atoms with van der Waals surface area (Å²) in [5.74, 6) is -0.562. The van der Waals surface area contributed by atoms with E-state index in [-0.39, 0.29) is 12.3 Å². The summed E-state index contributed by atoms with van der Waals surface area (Å²) < 4.78 is 8.06. The molecule has 5 aromatic rings. The van der Waals surface area contributed by atoms with Crippen LogP contribution in [0.2, 0.25) is 5.02 Å². The molecule has 0 saturated heterocycles. The lowest BCUT2D eigenvalue weighted by molar-refractivity contribution is 0.0342. The smallest absolute Gasteiger partial charge is 0.350 e. The van der Waals surface area contributed by atoms with Crippen molar-refractivity contribution in [3.05, 3.63) is 80.5 Å². The second-order valence-corrected chi connectivity index (χ2v) is 8.19. The molecular weight excluding hydrogens is 438 g/mol. The summed E-state index contributed by atoms with van der Waals surface area (Å²) in [6.45, 7) is 1.53. The molecule has 0 spiro atoms. The first-order valence-electron chi connectivity index (χ1n) is 9.26. The quantitative estimate of drug-likeness (QED) is 0.384. The van der Waals surface area contributed by atoms with Crippen LogP contribution in [0.3, 0.4) is 0 Å². The van der Waals surface area contributed by atoms with Gasteiger partial charge in [0.2, 0.25) is 0 Å². The van der Waals surface area contributed by atoms with Crippen LogP contribution in [0, 0.1) is 6.92 Å². The summed E-state index contributed by atoms with van der Waals surface area (Å²) >= 11 is 7.56. The summed E-state index contributed by atoms with van der Waals surface area (Å²) in [6.07, 6.45) is 0. The van der Waals surface area contributed by atoms with Crippen molar-refractivity contribution in [3.8, 4) is 5.69 Å². The molecule has 0 aliphatic carbocycles. The van der Waals surface area contributed by atoms with Crippen molar-refractivity contribution in [1.82, 2.24) is 24.8 Å². The van der Waals surface area contributed by atoms with E-state index >= 15 is 0 Å². The van der Waals surface area contributed by atoms with E-state index in [1.165, 1.54) is 11.3 Å². The molecular formula is C21H14ClN5O3S. The SMILES string of the molecule is Cc1nn(-c2ccccc2Cl)c2sc(C(=O)OCn3nnc4ccccc4c3=O)cc12. The van der Waals surface area contributed by atoms with E-state index in [0.717, 1.165) is 26.3 Å². The Labute approximate surface area is 184 Å². The fraction of sp³-hybridized carbons (Fsp3) is 0.0952. The van der Waals surface area contributed by atoms with Gasteiger partial charge in [0.05, 0.1) is 21.8 Å². The summed E-state index contributed by atoms with van der Waals surface area (Å²) in [6, 6.07) is 15.9. The minimum Gasteiger partial charge on any atom is -0.438 e. The van der Waals surface area contributed by atoms with Gasteiger partial charge >= 0.3 is 5.97 Å². The second kappa shape index (κ2) is 7.60. The van der Waals surface area contributed by atoms with Crippen molar-refractivity contribution in [3.63, 3.8) is 0 Å². The molecule has 31 heavy (non-hydrogen) atoms. The monoisotopic (exact) mass is 451 g/mol. The Kier molecular flexibility index (Phi) is 4.76. The van der Waals surface area contributed by atoms with Crippen LogP contribution in [0.1, 0.15) is 15.4 Å². The normalized spacial score (nSPS) is 11.3. The zero-order chi connectivity index (χ0) is 21.5. The van der Waals surface area contributed by atoms with Gasteiger partial charge in [-0.15, -0.1) is 16.4 Å². The zero-order valence-corrected chi connectivity index (χ0v) is 17.7. The molecule has 0 aliphatic heterocycles. The number of rotatable bonds is 4. The van der Waals surface area contributed by atoms with Crippen LogP contribution in [0.25, 0.3) is 26.8 Å². The first-order valence-corrected chi connectivity index (χ1v) is 10.5. The fourth-order valence-corrected chi connectivity index (χ4v) is 4.52. The molecule has 0 unspecified atom stereocenters. The minimum absolute atomic E-state index is 0.334. The lowest BCUT2D eigenvalue weighted by atomic mass is 10.2. The number of esters is 1. The number of hydrogen-bond donors (Lipinski definition) is 0. The first-order chi connectivity index (χ1) is 15.0. The van der Waals surface area contributed by atoms with Crippen LogP contribution in [0.5, 0.6) is 0 Å². The van der Waals surface area contributed by atoms with Gasteiger partial charge in [0, 0.05) is 5.39 Å². The van der Waals surface area contributed by atoms with Crippen molar-refractivity contribution in [2.75, 3.05) is 0 Å². The molecule has 3 heterocycles. The van der Waals surface area contributed by atoms with Crippen molar-refractivity contribution >= 4 is 50.0 Å². The van der Waals surface area contributed by atoms with Crippen molar-refractivity contribution < 1.29 is 9.53 Å². The maximum atomic E-state index is 12.7. The zero-order valence-electron chi connectivity index (χ0n) is 16.2. The highest BCUT2D eigenvalue weighted by Crippen LogP contribution is 2.32. The molecule has 0 saturated carbocycles. The van der Waals surface area contributed by atoms with Crippen LogP contribution < -0.4 is 5.56 Å². The maximum absolute atomic E-state index is 12.7. The predicted octanol–water partition coefficient (Wildman–Crippen LogP) is 3.97. The van der Waals surface area contributed by atoms with Crippen LogP contribution in [0.15, 0.2) is 59.4 Å². The van der Waals surface area contributed by atoms with Gasteiger partial charge in [-0.3, -0.25) is 4.79 Å². The van der Waals surface area contributed by atoms with Crippen molar-refractivity contribution in [2.45, 2.75) is 13.7 Å². The number of thiophene rings is 1. The van der Waals surface area contributed by atoms with Gasteiger partial charge in [0.15, 0.2) is 6.73 Å². The number of halogens is 1. The average molecular weight is 452 g/mol. The van der Waals surface area contributed by atoms with Gasteiger partial charge in [0.1, 0.15) is 15.2 Å².